The Morgan fingerprint density at radius 2 is 1.77 bits per heavy atom. The maximum absolute atomic E-state index is 13.3. The van der Waals surface area contributed by atoms with Crippen LogP contribution in [0.25, 0.3) is 0 Å². The summed E-state index contributed by atoms with van der Waals surface area (Å²) in [6.45, 7) is 0.348. The predicted molar refractivity (Wildman–Crippen MR) is 97.3 cm³/mol. The third-order valence-electron chi connectivity index (χ3n) is 4.97. The van der Waals surface area contributed by atoms with Crippen LogP contribution in [-0.2, 0) is 26.0 Å². The molecule has 26 heavy (non-hydrogen) atoms. The zero-order valence-electron chi connectivity index (χ0n) is 14.0. The summed E-state index contributed by atoms with van der Waals surface area (Å²) in [5.74, 6) is -0.276. The molecule has 2 unspecified atom stereocenters. The van der Waals surface area contributed by atoms with Crippen molar-refractivity contribution in [1.29, 1.82) is 0 Å². The quantitative estimate of drug-likeness (QED) is 0.753. The number of hydrogen-bond donors (Lipinski definition) is 0. The standard InChI is InChI=1S/C19H18ClNO4S/c20-14-5-7-15(8-6-14)26(23,24)21-12-11-13-3-1-2-4-16(13)19(21)17-9-10-18(22)25-17/h1-8,17,19H,9-12H2. The zero-order chi connectivity index (χ0) is 18.3. The molecule has 0 aliphatic carbocycles. The number of benzene rings is 2. The van der Waals surface area contributed by atoms with Gasteiger partial charge in [-0.3, -0.25) is 4.79 Å². The summed E-state index contributed by atoms with van der Waals surface area (Å²) in [6.07, 6.45) is 0.994. The lowest BCUT2D eigenvalue weighted by molar-refractivity contribution is -0.143. The van der Waals surface area contributed by atoms with E-state index in [0.29, 0.717) is 30.8 Å². The van der Waals surface area contributed by atoms with Crippen molar-refractivity contribution in [3.63, 3.8) is 0 Å². The number of carbonyl (C=O) groups is 1. The average molecular weight is 392 g/mol. The molecule has 7 heteroatoms. The Morgan fingerprint density at radius 3 is 2.46 bits per heavy atom. The third kappa shape index (κ3) is 3.02. The van der Waals surface area contributed by atoms with Crippen LogP contribution in [0.4, 0.5) is 0 Å². The van der Waals surface area contributed by atoms with Crippen molar-refractivity contribution >= 4 is 27.6 Å². The molecule has 0 aromatic heterocycles. The van der Waals surface area contributed by atoms with Crippen LogP contribution in [0.15, 0.2) is 53.4 Å². The molecular formula is C19H18ClNO4S. The monoisotopic (exact) mass is 391 g/mol. The van der Waals surface area contributed by atoms with Gasteiger partial charge in [0.2, 0.25) is 10.0 Å². The predicted octanol–water partition coefficient (Wildman–Crippen LogP) is 3.33. The number of cyclic esters (lactones) is 1. The molecule has 1 saturated heterocycles. The summed E-state index contributed by atoms with van der Waals surface area (Å²) in [6, 6.07) is 13.4. The number of fused-ring (bicyclic) bond motifs is 1. The Bertz CT molecular complexity index is 942. The van der Waals surface area contributed by atoms with Gasteiger partial charge in [0.15, 0.2) is 0 Å². The van der Waals surface area contributed by atoms with Gasteiger partial charge >= 0.3 is 5.97 Å². The van der Waals surface area contributed by atoms with Crippen molar-refractivity contribution in [2.24, 2.45) is 0 Å². The number of carbonyl (C=O) groups excluding carboxylic acids is 1. The van der Waals surface area contributed by atoms with Crippen molar-refractivity contribution < 1.29 is 17.9 Å². The molecule has 0 amide bonds. The van der Waals surface area contributed by atoms with Crippen molar-refractivity contribution in [1.82, 2.24) is 4.31 Å². The molecular weight excluding hydrogens is 374 g/mol. The minimum absolute atomic E-state index is 0.190. The Labute approximate surface area is 157 Å². The molecule has 0 bridgehead atoms. The third-order valence-corrected chi connectivity index (χ3v) is 7.12. The molecule has 2 atom stereocenters. The highest BCUT2D eigenvalue weighted by Gasteiger charge is 2.44. The van der Waals surface area contributed by atoms with Crippen LogP contribution in [0.5, 0.6) is 0 Å². The van der Waals surface area contributed by atoms with E-state index < -0.39 is 22.2 Å². The molecule has 0 spiro atoms. The number of hydrogen-bond acceptors (Lipinski definition) is 4. The number of esters is 1. The van der Waals surface area contributed by atoms with Gasteiger partial charge in [-0.2, -0.15) is 4.31 Å². The van der Waals surface area contributed by atoms with Gasteiger partial charge in [0.25, 0.3) is 0 Å². The molecule has 2 aliphatic heterocycles. The van der Waals surface area contributed by atoms with Gasteiger partial charge < -0.3 is 4.74 Å². The normalized spacial score (nSPS) is 23.5. The van der Waals surface area contributed by atoms with Crippen LogP contribution in [0, 0.1) is 0 Å². The largest absolute Gasteiger partial charge is 0.460 e. The average Bonchev–Trinajstić information content (AvgIpc) is 3.07. The van der Waals surface area contributed by atoms with E-state index >= 15 is 0 Å². The maximum Gasteiger partial charge on any atom is 0.306 e. The minimum atomic E-state index is -3.74. The number of ether oxygens (including phenoxy) is 1. The Hall–Kier alpha value is -1.89. The number of halogens is 1. The first kappa shape index (κ1) is 17.5. The van der Waals surface area contributed by atoms with E-state index in [-0.39, 0.29) is 10.9 Å². The number of sulfonamides is 1. The molecule has 0 saturated carbocycles. The molecule has 0 radical (unpaired) electrons. The van der Waals surface area contributed by atoms with Gasteiger partial charge in [0, 0.05) is 18.0 Å². The fraction of sp³-hybridized carbons (Fsp3) is 0.316. The van der Waals surface area contributed by atoms with Gasteiger partial charge in [0.1, 0.15) is 6.10 Å². The topological polar surface area (TPSA) is 63.7 Å². The smallest absolute Gasteiger partial charge is 0.306 e. The van der Waals surface area contributed by atoms with Crippen molar-refractivity contribution in [3.8, 4) is 0 Å². The second-order valence-corrected chi connectivity index (χ2v) is 8.86. The van der Waals surface area contributed by atoms with E-state index in [4.69, 9.17) is 16.3 Å². The first-order valence-electron chi connectivity index (χ1n) is 8.51. The molecule has 2 aliphatic rings. The zero-order valence-corrected chi connectivity index (χ0v) is 15.5. The Morgan fingerprint density at radius 1 is 1.04 bits per heavy atom. The molecule has 2 heterocycles. The molecule has 4 rings (SSSR count). The second kappa shape index (κ2) is 6.68. The molecule has 2 aromatic carbocycles. The summed E-state index contributed by atoms with van der Waals surface area (Å²) in [7, 11) is -3.74. The van der Waals surface area contributed by atoms with Crippen LogP contribution in [0.1, 0.15) is 30.0 Å². The summed E-state index contributed by atoms with van der Waals surface area (Å²) >= 11 is 5.90. The highest BCUT2D eigenvalue weighted by Crippen LogP contribution is 2.40. The summed E-state index contributed by atoms with van der Waals surface area (Å²) in [4.78, 5) is 11.9. The molecule has 2 aromatic rings. The van der Waals surface area contributed by atoms with Crippen LogP contribution < -0.4 is 0 Å². The fourth-order valence-electron chi connectivity index (χ4n) is 3.74. The Balaban J connectivity index is 1.79. The van der Waals surface area contributed by atoms with Gasteiger partial charge in [-0.25, -0.2) is 8.42 Å². The van der Waals surface area contributed by atoms with E-state index in [2.05, 4.69) is 0 Å². The lowest BCUT2D eigenvalue weighted by Crippen LogP contribution is -2.45. The number of nitrogens with zero attached hydrogens (tertiary/aromatic N) is 1. The summed E-state index contributed by atoms with van der Waals surface area (Å²) < 4.78 is 33.5. The lowest BCUT2D eigenvalue weighted by Gasteiger charge is -2.38. The molecule has 1 fully saturated rings. The second-order valence-electron chi connectivity index (χ2n) is 6.53. The molecule has 0 N–H and O–H groups in total. The van der Waals surface area contributed by atoms with Crippen LogP contribution in [0.2, 0.25) is 5.02 Å². The van der Waals surface area contributed by atoms with Crippen molar-refractivity contribution in [3.05, 3.63) is 64.7 Å². The highest BCUT2D eigenvalue weighted by atomic mass is 35.5. The van der Waals surface area contributed by atoms with E-state index in [9.17, 15) is 13.2 Å². The van der Waals surface area contributed by atoms with Gasteiger partial charge in [0.05, 0.1) is 10.9 Å². The lowest BCUT2D eigenvalue weighted by atomic mass is 9.90. The first-order chi connectivity index (χ1) is 12.5. The van der Waals surface area contributed by atoms with Gasteiger partial charge in [-0.05, 0) is 48.2 Å². The van der Waals surface area contributed by atoms with Gasteiger partial charge in [-0.15, -0.1) is 0 Å². The maximum atomic E-state index is 13.3. The van der Waals surface area contributed by atoms with E-state index in [1.807, 2.05) is 24.3 Å². The van der Waals surface area contributed by atoms with Gasteiger partial charge in [-0.1, -0.05) is 35.9 Å². The Kier molecular flexibility index (Phi) is 4.50. The highest BCUT2D eigenvalue weighted by molar-refractivity contribution is 7.89. The molecule has 5 nitrogen and oxygen atoms in total. The summed E-state index contributed by atoms with van der Waals surface area (Å²) in [5, 5.41) is 0.481. The van der Waals surface area contributed by atoms with E-state index in [1.165, 1.54) is 16.4 Å². The summed E-state index contributed by atoms with van der Waals surface area (Å²) in [5.41, 5.74) is 2.01. The van der Waals surface area contributed by atoms with Crippen LogP contribution in [0.3, 0.4) is 0 Å². The van der Waals surface area contributed by atoms with Crippen LogP contribution in [-0.4, -0.2) is 31.3 Å². The van der Waals surface area contributed by atoms with Crippen LogP contribution >= 0.6 is 11.6 Å². The number of rotatable bonds is 3. The van der Waals surface area contributed by atoms with Crippen molar-refractivity contribution in [2.75, 3.05) is 6.54 Å². The minimum Gasteiger partial charge on any atom is -0.460 e. The van der Waals surface area contributed by atoms with E-state index in [0.717, 1.165) is 11.1 Å². The van der Waals surface area contributed by atoms with Crippen molar-refractivity contribution in [2.45, 2.75) is 36.3 Å². The first-order valence-corrected chi connectivity index (χ1v) is 10.3. The SMILES string of the molecule is O=C1CCC(C2c3ccccc3CCN2S(=O)(=O)c2ccc(Cl)cc2)O1. The van der Waals surface area contributed by atoms with E-state index in [1.54, 1.807) is 12.1 Å². The molecule has 136 valence electrons. The fourth-order valence-corrected chi connectivity index (χ4v) is 5.50.